The Hall–Kier alpha value is -2.68. The normalized spacial score (nSPS) is 20.0. The molecule has 2 nitrogen and oxygen atoms in total. The number of benzene rings is 1. The molecule has 0 aromatic heterocycles. The summed E-state index contributed by atoms with van der Waals surface area (Å²) in [5.41, 5.74) is -5.67. The molecule has 0 radical (unpaired) electrons. The van der Waals surface area contributed by atoms with E-state index < -0.39 is 128 Å². The SMILES string of the molecule is CC1(C)COC(CCc2ccccc2)OC1(CCC(F)(F)C(F)(F)C(F)(F)C(F)(F)C(F)(F)C(F)(F)F)CCC(F)(F)C(F)(F)C(F)(F)C(F)(F)C(F)(F)C(F)(F)F. The van der Waals surface area contributed by atoms with E-state index in [1.165, 1.54) is 30.3 Å². The third kappa shape index (κ3) is 8.09. The summed E-state index contributed by atoms with van der Waals surface area (Å²) in [7, 11) is 0. The van der Waals surface area contributed by atoms with Crippen molar-refractivity contribution >= 4 is 0 Å². The van der Waals surface area contributed by atoms with Crippen LogP contribution >= 0.6 is 0 Å². The van der Waals surface area contributed by atoms with E-state index >= 15 is 0 Å². The Bertz CT molecular complexity index is 1470. The Balaban J connectivity index is 2.69. The topological polar surface area (TPSA) is 18.5 Å². The van der Waals surface area contributed by atoms with Gasteiger partial charge >= 0.3 is 71.6 Å². The molecule has 0 bridgehead atoms. The van der Waals surface area contributed by atoms with Gasteiger partial charge in [-0.25, -0.2) is 0 Å². The molecule has 1 unspecified atom stereocenters. The molecule has 1 heterocycles. The van der Waals surface area contributed by atoms with Crippen molar-refractivity contribution in [3.63, 3.8) is 0 Å². The second-order valence-electron chi connectivity index (χ2n) is 13.8. The first-order valence-electron chi connectivity index (χ1n) is 15.6. The minimum Gasteiger partial charge on any atom is -0.352 e. The van der Waals surface area contributed by atoms with E-state index in [1.54, 1.807) is 0 Å². The van der Waals surface area contributed by atoms with Crippen molar-refractivity contribution in [1.29, 1.82) is 0 Å². The van der Waals surface area contributed by atoms with Crippen LogP contribution in [0, 0.1) is 5.41 Å². The molecule has 0 amide bonds. The Morgan fingerprint density at radius 3 is 1.14 bits per heavy atom. The van der Waals surface area contributed by atoms with Crippen LogP contribution in [-0.2, 0) is 15.9 Å². The highest BCUT2D eigenvalue weighted by Crippen LogP contribution is 2.64. The van der Waals surface area contributed by atoms with Crippen molar-refractivity contribution in [3.8, 4) is 0 Å². The molecule has 1 aromatic rings. The quantitative estimate of drug-likeness (QED) is 0.145. The second kappa shape index (κ2) is 15.0. The van der Waals surface area contributed by atoms with Gasteiger partial charge in [0.25, 0.3) is 0 Å². The molecule has 1 saturated heterocycles. The fourth-order valence-corrected chi connectivity index (χ4v) is 5.50. The number of rotatable bonds is 17. The van der Waals surface area contributed by atoms with Gasteiger partial charge in [0, 0.05) is 24.7 Å². The van der Waals surface area contributed by atoms with E-state index in [9.17, 15) is 114 Å². The number of alkyl halides is 26. The van der Waals surface area contributed by atoms with Crippen LogP contribution < -0.4 is 0 Å². The van der Waals surface area contributed by atoms with Gasteiger partial charge in [-0.05, 0) is 24.8 Å². The molecule has 340 valence electrons. The zero-order chi connectivity index (χ0) is 46.1. The van der Waals surface area contributed by atoms with Crippen LogP contribution in [0.25, 0.3) is 0 Å². The van der Waals surface area contributed by atoms with Gasteiger partial charge in [-0.1, -0.05) is 44.2 Å². The molecule has 28 heteroatoms. The number of ether oxygens (including phenoxy) is 2. The summed E-state index contributed by atoms with van der Waals surface area (Å²) in [5.74, 6) is -79.8. The molecule has 1 aromatic carbocycles. The van der Waals surface area contributed by atoms with Crippen LogP contribution in [0.1, 0.15) is 51.5 Å². The van der Waals surface area contributed by atoms with Gasteiger partial charge in [-0.3, -0.25) is 0 Å². The molecule has 1 aliphatic heterocycles. The van der Waals surface area contributed by atoms with E-state index in [-0.39, 0.29) is 6.42 Å². The summed E-state index contributed by atoms with van der Waals surface area (Å²) in [4.78, 5) is 0. The van der Waals surface area contributed by atoms with Crippen molar-refractivity contribution in [1.82, 2.24) is 0 Å². The van der Waals surface area contributed by atoms with Crippen LogP contribution in [-0.4, -0.2) is 90.1 Å². The standard InChI is InChI=1S/C30H26F26O2/c1-17(2)14-57-16(9-8-15-6-4-3-5-7-15)58-18(17,10-12-19(31,32)21(35,36)23(39,40)25(43,44)27(47,48)29(51,52)53)11-13-20(33,34)22(37,38)24(41,42)26(45,46)28(49,50)30(54,55)56/h3-7,16H,8-14H2,1-2H3. The van der Waals surface area contributed by atoms with E-state index in [1.807, 2.05) is 0 Å². The van der Waals surface area contributed by atoms with Crippen LogP contribution in [0.4, 0.5) is 114 Å². The molecule has 2 rings (SSSR count). The highest BCUT2D eigenvalue weighted by atomic mass is 19.4. The maximum absolute atomic E-state index is 14.9. The summed E-state index contributed by atoms with van der Waals surface area (Å²) in [6.07, 6.45) is -29.8. The maximum atomic E-state index is 14.9. The minimum atomic E-state index is -8.40. The highest BCUT2D eigenvalue weighted by Gasteiger charge is 2.92. The molecule has 0 spiro atoms. The largest absolute Gasteiger partial charge is 0.460 e. The van der Waals surface area contributed by atoms with Crippen LogP contribution in [0.3, 0.4) is 0 Å². The lowest BCUT2D eigenvalue weighted by molar-refractivity contribution is -0.441. The Labute approximate surface area is 308 Å². The number of hydrogen-bond donors (Lipinski definition) is 0. The van der Waals surface area contributed by atoms with Gasteiger partial charge in [0.1, 0.15) is 0 Å². The molecule has 1 atom stereocenters. The monoisotopic (exact) mass is 912 g/mol. The van der Waals surface area contributed by atoms with Crippen LogP contribution in [0.5, 0.6) is 0 Å². The second-order valence-corrected chi connectivity index (χ2v) is 13.8. The van der Waals surface area contributed by atoms with E-state index in [0.717, 1.165) is 0 Å². The van der Waals surface area contributed by atoms with Crippen LogP contribution in [0.2, 0.25) is 0 Å². The number of aryl methyl sites for hydroxylation is 1. The van der Waals surface area contributed by atoms with Crippen molar-refractivity contribution in [2.24, 2.45) is 5.41 Å². The molecular weight excluding hydrogens is 886 g/mol. The molecule has 1 fully saturated rings. The van der Waals surface area contributed by atoms with Gasteiger partial charge in [-0.15, -0.1) is 0 Å². The van der Waals surface area contributed by atoms with E-state index in [2.05, 4.69) is 0 Å². The number of halogens is 26. The number of hydrogen-bond acceptors (Lipinski definition) is 2. The smallest absolute Gasteiger partial charge is 0.352 e. The first-order chi connectivity index (χ1) is 25.3. The maximum Gasteiger partial charge on any atom is 0.460 e. The average Bonchev–Trinajstić information content (AvgIpc) is 3.05. The third-order valence-electron chi connectivity index (χ3n) is 9.41. The Morgan fingerprint density at radius 2 is 0.810 bits per heavy atom. The van der Waals surface area contributed by atoms with E-state index in [4.69, 9.17) is 9.47 Å². The van der Waals surface area contributed by atoms with Crippen molar-refractivity contribution in [2.75, 3.05) is 6.61 Å². The summed E-state index contributed by atoms with van der Waals surface area (Å²) in [6, 6.07) is 6.96. The lowest BCUT2D eigenvalue weighted by Crippen LogP contribution is -2.70. The highest BCUT2D eigenvalue weighted by molar-refractivity contribution is 5.16. The summed E-state index contributed by atoms with van der Waals surface area (Å²) >= 11 is 0. The van der Waals surface area contributed by atoms with Gasteiger partial charge < -0.3 is 9.47 Å². The first-order valence-corrected chi connectivity index (χ1v) is 15.6. The Kier molecular flexibility index (Phi) is 13.3. The third-order valence-corrected chi connectivity index (χ3v) is 9.41. The fraction of sp³-hybridized carbons (Fsp3) is 0.800. The fourth-order valence-electron chi connectivity index (χ4n) is 5.50. The molecular formula is C30H26F26O2. The van der Waals surface area contributed by atoms with Gasteiger partial charge in [0.15, 0.2) is 6.29 Å². The molecule has 0 N–H and O–H groups in total. The zero-order valence-corrected chi connectivity index (χ0v) is 28.6. The van der Waals surface area contributed by atoms with Crippen molar-refractivity contribution < 1.29 is 124 Å². The zero-order valence-electron chi connectivity index (χ0n) is 28.6. The molecule has 0 saturated carbocycles. The van der Waals surface area contributed by atoms with Gasteiger partial charge in [-0.2, -0.15) is 114 Å². The molecule has 1 aliphatic rings. The lowest BCUT2D eigenvalue weighted by Gasteiger charge is -2.53. The summed E-state index contributed by atoms with van der Waals surface area (Å²) in [5, 5.41) is 0. The molecule has 0 aliphatic carbocycles. The lowest BCUT2D eigenvalue weighted by atomic mass is 9.68. The summed E-state index contributed by atoms with van der Waals surface area (Å²) in [6.45, 7) is 0.0486. The van der Waals surface area contributed by atoms with Crippen molar-refractivity contribution in [2.45, 2.75) is 136 Å². The van der Waals surface area contributed by atoms with Crippen LogP contribution in [0.15, 0.2) is 30.3 Å². The summed E-state index contributed by atoms with van der Waals surface area (Å²) < 4.78 is 368. The van der Waals surface area contributed by atoms with E-state index in [0.29, 0.717) is 19.4 Å². The van der Waals surface area contributed by atoms with Gasteiger partial charge in [0.05, 0.1) is 12.2 Å². The minimum absolute atomic E-state index is 0.270. The first kappa shape index (κ1) is 51.5. The molecule has 58 heavy (non-hydrogen) atoms. The van der Waals surface area contributed by atoms with Crippen molar-refractivity contribution in [3.05, 3.63) is 35.9 Å². The predicted octanol–water partition coefficient (Wildman–Crippen LogP) is 12.8. The Morgan fingerprint density at radius 1 is 0.483 bits per heavy atom. The van der Waals surface area contributed by atoms with Gasteiger partial charge in [0.2, 0.25) is 0 Å². The predicted molar refractivity (Wildman–Crippen MR) is 142 cm³/mol. The average molecular weight is 912 g/mol.